The van der Waals surface area contributed by atoms with Crippen LogP contribution in [-0.4, -0.2) is 36.6 Å². The minimum Gasteiger partial charge on any atom is -0.443 e. The maximum Gasteiger partial charge on any atom is 0.415 e. The molecule has 0 bridgehead atoms. The number of rotatable bonds is 3. The van der Waals surface area contributed by atoms with Crippen molar-refractivity contribution in [2.75, 3.05) is 24.8 Å². The lowest BCUT2D eigenvalue weighted by molar-refractivity contribution is 0.0585. The molecule has 0 aliphatic carbocycles. The van der Waals surface area contributed by atoms with Crippen LogP contribution in [0.2, 0.25) is 0 Å². The predicted octanol–water partition coefficient (Wildman–Crippen LogP) is 2.58. The fourth-order valence-electron chi connectivity index (χ4n) is 1.70. The molecule has 0 fully saturated rings. The summed E-state index contributed by atoms with van der Waals surface area (Å²) in [5.41, 5.74) is -0.167. The Morgan fingerprint density at radius 3 is 2.48 bits per heavy atom. The van der Waals surface area contributed by atoms with Gasteiger partial charge in [0.15, 0.2) is 5.69 Å². The molecular weight excluding hydrogens is 313 g/mol. The molecule has 1 aromatic heterocycles. The first-order valence-corrected chi connectivity index (χ1v) is 9.50. The van der Waals surface area contributed by atoms with Crippen LogP contribution in [0.25, 0.3) is 0 Å². The van der Waals surface area contributed by atoms with Crippen LogP contribution >= 0.6 is 7.14 Å². The van der Waals surface area contributed by atoms with Crippen LogP contribution in [0.3, 0.4) is 0 Å². The zero-order valence-corrected chi connectivity index (χ0v) is 14.8. The van der Waals surface area contributed by atoms with Gasteiger partial charge in [-0.3, -0.25) is 4.90 Å². The van der Waals surface area contributed by atoms with Gasteiger partial charge in [-0.1, -0.05) is 5.92 Å². The van der Waals surface area contributed by atoms with E-state index < -0.39 is 18.8 Å². The van der Waals surface area contributed by atoms with Crippen LogP contribution in [0.4, 0.5) is 10.5 Å². The molecule has 1 heterocycles. The van der Waals surface area contributed by atoms with Crippen molar-refractivity contribution in [3.05, 3.63) is 17.8 Å². The van der Waals surface area contributed by atoms with Crippen molar-refractivity contribution in [1.82, 2.24) is 4.98 Å². The maximum absolute atomic E-state index is 12.3. The number of hydrogen-bond acceptors (Lipinski definition) is 5. The molecule has 0 atom stereocenters. The van der Waals surface area contributed by atoms with Crippen molar-refractivity contribution < 1.29 is 14.1 Å². The van der Waals surface area contributed by atoms with Gasteiger partial charge in [0.2, 0.25) is 0 Å². The first kappa shape index (κ1) is 18.7. The van der Waals surface area contributed by atoms with E-state index in [1.54, 1.807) is 34.1 Å². The number of ether oxygens (including phenoxy) is 1. The smallest absolute Gasteiger partial charge is 0.415 e. The first-order chi connectivity index (χ1) is 10.5. The summed E-state index contributed by atoms with van der Waals surface area (Å²) in [7, 11) is -2.62. The van der Waals surface area contributed by atoms with E-state index >= 15 is 0 Å². The topological polar surface area (TPSA) is 83.3 Å². The van der Waals surface area contributed by atoms with Gasteiger partial charge in [0, 0.05) is 0 Å². The van der Waals surface area contributed by atoms with E-state index in [9.17, 15) is 14.6 Å². The molecule has 1 amide bonds. The summed E-state index contributed by atoms with van der Waals surface area (Å²) in [6.45, 7) is 8.24. The third kappa shape index (κ3) is 5.13. The molecule has 23 heavy (non-hydrogen) atoms. The zero-order chi connectivity index (χ0) is 17.8. The third-order valence-electron chi connectivity index (χ3n) is 2.67. The summed E-state index contributed by atoms with van der Waals surface area (Å²) in [5.74, 6) is 2.36. The second kappa shape index (κ2) is 6.86. The van der Waals surface area contributed by atoms with Gasteiger partial charge in [-0.25, -0.2) is 9.78 Å². The molecule has 0 aromatic carbocycles. The number of terminal acetylenes is 1. The molecular formula is C16H20N3O3P. The first-order valence-electron chi connectivity index (χ1n) is 6.90. The molecule has 7 heteroatoms. The van der Waals surface area contributed by atoms with Crippen LogP contribution in [0.1, 0.15) is 26.5 Å². The van der Waals surface area contributed by atoms with Crippen molar-refractivity contribution in [3.8, 4) is 18.4 Å². The minimum atomic E-state index is -2.62. The average Bonchev–Trinajstić information content (AvgIpc) is 2.41. The van der Waals surface area contributed by atoms with Gasteiger partial charge in [0.1, 0.15) is 24.2 Å². The minimum absolute atomic E-state index is 0.0208. The molecule has 0 aliphatic heterocycles. The van der Waals surface area contributed by atoms with Crippen molar-refractivity contribution in [2.45, 2.75) is 26.4 Å². The molecule has 122 valence electrons. The molecule has 0 saturated carbocycles. The quantitative estimate of drug-likeness (QED) is 0.627. The third-order valence-corrected chi connectivity index (χ3v) is 4.02. The van der Waals surface area contributed by atoms with Crippen LogP contribution in [0.15, 0.2) is 12.1 Å². The lowest BCUT2D eigenvalue weighted by Crippen LogP contribution is -2.38. The standard InChI is InChI=1S/C16H20N3O3P/c1-7-10-19(15(20)22-16(2,3)4)13-8-9-14(23(5,6)21)18-12(13)11-17/h1,8-9H,10H2,2-6H3. The SMILES string of the molecule is C#CCN(C(=O)OC(C)(C)C)c1ccc(P(C)(C)=O)nc1C#N. The van der Waals surface area contributed by atoms with Crippen molar-refractivity contribution in [2.24, 2.45) is 0 Å². The summed E-state index contributed by atoms with van der Waals surface area (Å²) in [6, 6.07) is 4.96. The van der Waals surface area contributed by atoms with Crippen LogP contribution < -0.4 is 10.3 Å². The highest BCUT2D eigenvalue weighted by Gasteiger charge is 2.26. The average molecular weight is 333 g/mol. The van der Waals surface area contributed by atoms with E-state index in [-0.39, 0.29) is 17.9 Å². The van der Waals surface area contributed by atoms with E-state index in [0.717, 1.165) is 4.90 Å². The van der Waals surface area contributed by atoms with E-state index in [0.29, 0.717) is 5.44 Å². The number of carbonyl (C=O) groups excluding carboxylic acids is 1. The largest absolute Gasteiger partial charge is 0.443 e. The Bertz CT molecular complexity index is 732. The second-order valence-electron chi connectivity index (χ2n) is 6.27. The highest BCUT2D eigenvalue weighted by molar-refractivity contribution is 7.69. The maximum atomic E-state index is 12.3. The Hall–Kier alpha value is -2.30. The van der Waals surface area contributed by atoms with E-state index in [4.69, 9.17) is 11.2 Å². The van der Waals surface area contributed by atoms with Crippen molar-refractivity contribution in [1.29, 1.82) is 5.26 Å². The van der Waals surface area contributed by atoms with Gasteiger partial charge >= 0.3 is 6.09 Å². The second-order valence-corrected chi connectivity index (χ2v) is 9.43. The van der Waals surface area contributed by atoms with E-state index in [1.165, 1.54) is 12.1 Å². The van der Waals surface area contributed by atoms with Crippen molar-refractivity contribution >= 4 is 24.4 Å². The Kier molecular flexibility index (Phi) is 5.59. The fraction of sp³-hybridized carbons (Fsp3) is 0.438. The van der Waals surface area contributed by atoms with Crippen LogP contribution in [0, 0.1) is 23.7 Å². The van der Waals surface area contributed by atoms with E-state index in [1.807, 2.05) is 6.07 Å². The van der Waals surface area contributed by atoms with Crippen LogP contribution in [-0.2, 0) is 9.30 Å². The number of aromatic nitrogens is 1. The normalized spacial score (nSPS) is 11.3. The number of carbonyl (C=O) groups is 1. The number of anilines is 1. The molecule has 0 N–H and O–H groups in total. The molecule has 6 nitrogen and oxygen atoms in total. The molecule has 0 spiro atoms. The Balaban J connectivity index is 3.34. The fourth-order valence-corrected chi connectivity index (χ4v) is 2.47. The number of hydrogen-bond donors (Lipinski definition) is 0. The summed E-state index contributed by atoms with van der Waals surface area (Å²) in [6.07, 6.45) is 4.64. The van der Waals surface area contributed by atoms with Gasteiger partial charge < -0.3 is 9.30 Å². The number of pyridine rings is 1. The highest BCUT2D eigenvalue weighted by Crippen LogP contribution is 2.34. The number of amides is 1. The molecule has 0 saturated heterocycles. The number of nitrogens with zero attached hydrogens (tertiary/aromatic N) is 3. The van der Waals surface area contributed by atoms with Crippen LogP contribution in [0.5, 0.6) is 0 Å². The Morgan fingerprint density at radius 2 is 2.04 bits per heavy atom. The highest BCUT2D eigenvalue weighted by atomic mass is 31.2. The zero-order valence-electron chi connectivity index (χ0n) is 14.0. The van der Waals surface area contributed by atoms with Gasteiger partial charge in [-0.05, 0) is 46.2 Å². The lowest BCUT2D eigenvalue weighted by atomic mass is 10.2. The molecule has 0 unspecified atom stereocenters. The molecule has 1 aromatic rings. The van der Waals surface area contributed by atoms with Gasteiger partial charge in [-0.2, -0.15) is 5.26 Å². The molecule has 0 radical (unpaired) electrons. The summed E-state index contributed by atoms with van der Waals surface area (Å²) in [4.78, 5) is 17.6. The number of nitriles is 1. The summed E-state index contributed by atoms with van der Waals surface area (Å²) < 4.78 is 17.4. The Labute approximate surface area is 136 Å². The monoisotopic (exact) mass is 333 g/mol. The molecule has 0 aliphatic rings. The van der Waals surface area contributed by atoms with Gasteiger partial charge in [-0.15, -0.1) is 6.42 Å². The summed E-state index contributed by atoms with van der Waals surface area (Å²) >= 11 is 0. The van der Waals surface area contributed by atoms with Gasteiger partial charge in [0.05, 0.1) is 12.2 Å². The van der Waals surface area contributed by atoms with E-state index in [2.05, 4.69) is 10.9 Å². The predicted molar refractivity (Wildman–Crippen MR) is 90.5 cm³/mol. The Morgan fingerprint density at radius 1 is 1.43 bits per heavy atom. The summed E-state index contributed by atoms with van der Waals surface area (Å²) in [5, 5.41) is 9.31. The molecule has 1 rings (SSSR count). The van der Waals surface area contributed by atoms with Crippen molar-refractivity contribution in [3.63, 3.8) is 0 Å². The lowest BCUT2D eigenvalue weighted by Gasteiger charge is -2.26. The van der Waals surface area contributed by atoms with Gasteiger partial charge in [0.25, 0.3) is 0 Å².